The third kappa shape index (κ3) is 10.3. The standard InChI is InChI=1S/C39H38F3N3O8/c1-6-51-37(49)26-15-20-32(30(22-26)38(50)52-7-2)53-33(46)10-8-9-24-12-19-31(29(21-24)36(48)45(4)5)44-35(47)28-18-11-23(3)43-34(28)25-13-16-27(17-14-25)39(40,41)42/h11-22H,6-10H2,1-5H3,(H,44,47). The maximum Gasteiger partial charge on any atom is 0.416 e. The Balaban J connectivity index is 1.50. The van der Waals surface area contributed by atoms with Crippen molar-refractivity contribution in [1.82, 2.24) is 9.88 Å². The third-order valence-electron chi connectivity index (χ3n) is 7.79. The molecular weight excluding hydrogens is 695 g/mol. The predicted molar refractivity (Wildman–Crippen MR) is 189 cm³/mol. The zero-order valence-electron chi connectivity index (χ0n) is 29.8. The van der Waals surface area contributed by atoms with E-state index in [9.17, 15) is 37.1 Å². The van der Waals surface area contributed by atoms with Crippen LogP contribution in [0.1, 0.15) is 84.9 Å². The molecule has 0 aliphatic rings. The summed E-state index contributed by atoms with van der Waals surface area (Å²) in [7, 11) is 3.10. The van der Waals surface area contributed by atoms with Crippen LogP contribution in [0, 0.1) is 6.92 Å². The van der Waals surface area contributed by atoms with E-state index in [1.54, 1.807) is 59.1 Å². The summed E-state index contributed by atoms with van der Waals surface area (Å²) in [6.07, 6.45) is -3.96. The molecule has 0 saturated carbocycles. The lowest BCUT2D eigenvalue weighted by molar-refractivity contribution is -0.137. The monoisotopic (exact) mass is 733 g/mol. The molecule has 1 aromatic heterocycles. The van der Waals surface area contributed by atoms with Gasteiger partial charge in [-0.2, -0.15) is 13.2 Å². The first-order valence-electron chi connectivity index (χ1n) is 16.6. The van der Waals surface area contributed by atoms with E-state index in [-0.39, 0.29) is 59.0 Å². The van der Waals surface area contributed by atoms with E-state index in [2.05, 4.69) is 10.3 Å². The zero-order valence-corrected chi connectivity index (χ0v) is 29.8. The van der Waals surface area contributed by atoms with Crippen molar-refractivity contribution in [3.63, 3.8) is 0 Å². The number of benzene rings is 3. The number of nitrogens with zero attached hydrogens (tertiary/aromatic N) is 2. The smallest absolute Gasteiger partial charge is 0.416 e. The molecule has 2 amide bonds. The molecule has 3 aromatic carbocycles. The number of hydrogen-bond donors (Lipinski definition) is 1. The molecule has 0 spiro atoms. The summed E-state index contributed by atoms with van der Waals surface area (Å²) in [6, 6.07) is 16.2. The minimum absolute atomic E-state index is 0.0591. The Morgan fingerprint density at radius 3 is 2.11 bits per heavy atom. The summed E-state index contributed by atoms with van der Waals surface area (Å²) in [5, 5.41) is 2.75. The second-order valence-corrected chi connectivity index (χ2v) is 11.9. The van der Waals surface area contributed by atoms with Crippen molar-refractivity contribution < 1.29 is 51.4 Å². The van der Waals surface area contributed by atoms with E-state index in [0.29, 0.717) is 29.7 Å². The largest absolute Gasteiger partial charge is 0.462 e. The van der Waals surface area contributed by atoms with Gasteiger partial charge in [-0.3, -0.25) is 19.4 Å². The Morgan fingerprint density at radius 1 is 0.792 bits per heavy atom. The quantitative estimate of drug-likeness (QED) is 0.111. The number of esters is 3. The summed E-state index contributed by atoms with van der Waals surface area (Å²) >= 11 is 0. The number of anilines is 1. The van der Waals surface area contributed by atoms with Crippen LogP contribution in [-0.2, 0) is 26.9 Å². The molecule has 0 radical (unpaired) electrons. The number of carbonyl (C=O) groups is 5. The van der Waals surface area contributed by atoms with Crippen molar-refractivity contribution in [2.75, 3.05) is 32.6 Å². The van der Waals surface area contributed by atoms with Crippen molar-refractivity contribution in [3.8, 4) is 17.0 Å². The SMILES string of the molecule is CCOC(=O)c1ccc(OC(=O)CCCc2ccc(NC(=O)c3ccc(C)nc3-c3ccc(C(F)(F)F)cc3)c(C(=O)N(C)C)c2)c(C(=O)OCC)c1. The lowest BCUT2D eigenvalue weighted by atomic mass is 10.0. The number of aryl methyl sites for hydroxylation is 2. The van der Waals surface area contributed by atoms with E-state index in [1.165, 1.54) is 41.3 Å². The highest BCUT2D eigenvalue weighted by atomic mass is 19.4. The molecule has 14 heteroatoms. The molecule has 1 N–H and O–H groups in total. The molecule has 4 aromatic rings. The highest BCUT2D eigenvalue weighted by Crippen LogP contribution is 2.32. The minimum atomic E-state index is -4.53. The van der Waals surface area contributed by atoms with E-state index in [4.69, 9.17) is 14.2 Å². The number of carbonyl (C=O) groups excluding carboxylic acids is 5. The number of pyridine rings is 1. The van der Waals surface area contributed by atoms with Crippen LogP contribution >= 0.6 is 0 Å². The maximum absolute atomic E-state index is 13.6. The van der Waals surface area contributed by atoms with Crippen LogP contribution in [0.25, 0.3) is 11.3 Å². The Bertz CT molecular complexity index is 2010. The van der Waals surface area contributed by atoms with Gasteiger partial charge in [-0.05, 0) is 93.8 Å². The first-order valence-corrected chi connectivity index (χ1v) is 16.6. The zero-order chi connectivity index (χ0) is 38.9. The highest BCUT2D eigenvalue weighted by molar-refractivity contribution is 6.11. The summed E-state index contributed by atoms with van der Waals surface area (Å²) in [4.78, 5) is 70.1. The Morgan fingerprint density at radius 2 is 1.47 bits per heavy atom. The number of aromatic nitrogens is 1. The Hall–Kier alpha value is -6.05. The van der Waals surface area contributed by atoms with Crippen LogP contribution < -0.4 is 10.1 Å². The van der Waals surface area contributed by atoms with Crippen LogP contribution in [-0.4, -0.2) is 66.9 Å². The molecule has 1 heterocycles. The van der Waals surface area contributed by atoms with Crippen LogP contribution in [0.2, 0.25) is 0 Å². The fraction of sp³-hybridized carbons (Fsp3) is 0.282. The summed E-state index contributed by atoms with van der Waals surface area (Å²) in [6.45, 7) is 5.13. The molecule has 0 fully saturated rings. The molecule has 0 aliphatic carbocycles. The van der Waals surface area contributed by atoms with Gasteiger partial charge in [-0.25, -0.2) is 9.59 Å². The lowest BCUT2D eigenvalue weighted by Gasteiger charge is -2.17. The molecule has 4 rings (SSSR count). The number of ether oxygens (including phenoxy) is 3. The Labute approximate surface area is 304 Å². The molecule has 53 heavy (non-hydrogen) atoms. The van der Waals surface area contributed by atoms with Gasteiger partial charge in [-0.15, -0.1) is 0 Å². The van der Waals surface area contributed by atoms with Crippen LogP contribution in [0.15, 0.2) is 72.8 Å². The average Bonchev–Trinajstić information content (AvgIpc) is 3.11. The molecule has 0 atom stereocenters. The van der Waals surface area contributed by atoms with Gasteiger partial charge < -0.3 is 24.4 Å². The van der Waals surface area contributed by atoms with Crippen molar-refractivity contribution in [1.29, 1.82) is 0 Å². The van der Waals surface area contributed by atoms with Crippen molar-refractivity contribution >= 4 is 35.4 Å². The van der Waals surface area contributed by atoms with Crippen molar-refractivity contribution in [2.24, 2.45) is 0 Å². The minimum Gasteiger partial charge on any atom is -0.462 e. The van der Waals surface area contributed by atoms with Gasteiger partial charge in [0, 0.05) is 31.8 Å². The second kappa shape index (κ2) is 17.4. The van der Waals surface area contributed by atoms with Crippen molar-refractivity contribution in [2.45, 2.75) is 46.2 Å². The molecule has 0 unspecified atom stereocenters. The second-order valence-electron chi connectivity index (χ2n) is 11.9. The van der Waals surface area contributed by atoms with Crippen molar-refractivity contribution in [3.05, 3.63) is 112 Å². The number of hydrogen-bond acceptors (Lipinski definition) is 9. The first-order chi connectivity index (χ1) is 25.1. The number of rotatable bonds is 13. The van der Waals surface area contributed by atoms with E-state index < -0.39 is 41.5 Å². The van der Waals surface area contributed by atoms with Gasteiger partial charge in [0.15, 0.2) is 0 Å². The van der Waals surface area contributed by atoms with E-state index >= 15 is 0 Å². The summed E-state index contributed by atoms with van der Waals surface area (Å²) in [5.41, 5.74) is 1.27. The van der Waals surface area contributed by atoms with Gasteiger partial charge in [0.05, 0.1) is 46.8 Å². The molecule has 0 bridgehead atoms. The van der Waals surface area contributed by atoms with E-state index in [1.807, 2.05) is 0 Å². The van der Waals surface area contributed by atoms with Gasteiger partial charge in [0.1, 0.15) is 11.3 Å². The molecule has 11 nitrogen and oxygen atoms in total. The van der Waals surface area contributed by atoms with Gasteiger partial charge in [0.2, 0.25) is 0 Å². The topological polar surface area (TPSA) is 141 Å². The number of nitrogens with one attached hydrogen (secondary N) is 1. The van der Waals surface area contributed by atoms with Gasteiger partial charge in [-0.1, -0.05) is 18.2 Å². The fourth-order valence-corrected chi connectivity index (χ4v) is 5.18. The van der Waals surface area contributed by atoms with Crippen LogP contribution in [0.3, 0.4) is 0 Å². The maximum atomic E-state index is 13.6. The first kappa shape index (κ1) is 39.7. The van der Waals surface area contributed by atoms with Crippen LogP contribution in [0.4, 0.5) is 18.9 Å². The molecular formula is C39H38F3N3O8. The normalized spacial score (nSPS) is 11.0. The van der Waals surface area contributed by atoms with E-state index in [0.717, 1.165) is 12.1 Å². The molecule has 278 valence electrons. The molecule has 0 saturated heterocycles. The van der Waals surface area contributed by atoms with Gasteiger partial charge in [0.25, 0.3) is 11.8 Å². The number of halogens is 3. The third-order valence-corrected chi connectivity index (χ3v) is 7.79. The number of amides is 2. The number of alkyl halides is 3. The predicted octanol–water partition coefficient (Wildman–Crippen LogP) is 7.31. The lowest BCUT2D eigenvalue weighted by Crippen LogP contribution is -2.24. The fourth-order valence-electron chi connectivity index (χ4n) is 5.18. The van der Waals surface area contributed by atoms with Crippen LogP contribution in [0.5, 0.6) is 5.75 Å². The summed E-state index contributed by atoms with van der Waals surface area (Å²) < 4.78 is 55.0. The molecule has 0 aliphatic heterocycles. The van der Waals surface area contributed by atoms with Gasteiger partial charge >= 0.3 is 24.1 Å². The highest BCUT2D eigenvalue weighted by Gasteiger charge is 2.30. The average molecular weight is 734 g/mol. The summed E-state index contributed by atoms with van der Waals surface area (Å²) in [5.74, 6) is -3.20. The Kier molecular flexibility index (Phi) is 13.1.